The summed E-state index contributed by atoms with van der Waals surface area (Å²) in [5.74, 6) is -1.10. The highest BCUT2D eigenvalue weighted by Crippen LogP contribution is 2.37. The largest absolute Gasteiger partial charge is 0.319 e. The van der Waals surface area contributed by atoms with E-state index in [1.54, 1.807) is 11.3 Å². The maximum absolute atomic E-state index is 13.3. The number of amides is 1. The molecule has 0 saturated carbocycles. The van der Waals surface area contributed by atoms with E-state index in [1.165, 1.54) is 16.5 Å². The Hall–Kier alpha value is -3.10. The monoisotopic (exact) mass is 411 g/mol. The lowest BCUT2D eigenvalue weighted by molar-refractivity contribution is -0.384. The first kappa shape index (κ1) is 19.2. The Labute approximate surface area is 170 Å². The van der Waals surface area contributed by atoms with Crippen molar-refractivity contribution in [2.24, 2.45) is 0 Å². The number of nitro groups is 1. The summed E-state index contributed by atoms with van der Waals surface area (Å²) in [6.45, 7) is 0.773. The summed E-state index contributed by atoms with van der Waals surface area (Å²) in [5, 5.41) is 15.8. The number of halogens is 1. The minimum Gasteiger partial charge on any atom is -0.319 e. The van der Waals surface area contributed by atoms with E-state index in [4.69, 9.17) is 0 Å². The number of hydrogen-bond donors (Lipinski definition) is 1. The Morgan fingerprint density at radius 1 is 1.24 bits per heavy atom. The van der Waals surface area contributed by atoms with Gasteiger partial charge in [0.05, 0.1) is 23.6 Å². The Kier molecular flexibility index (Phi) is 5.37. The van der Waals surface area contributed by atoms with E-state index < -0.39 is 16.4 Å². The van der Waals surface area contributed by atoms with Gasteiger partial charge in [-0.1, -0.05) is 30.3 Å². The van der Waals surface area contributed by atoms with Gasteiger partial charge in [-0.2, -0.15) is 0 Å². The normalized spacial score (nSPS) is 16.2. The first-order valence-corrected chi connectivity index (χ1v) is 10.00. The highest BCUT2D eigenvalue weighted by Gasteiger charge is 2.31. The molecule has 1 N–H and O–H groups in total. The number of nitrogens with zero attached hydrogens (tertiary/aromatic N) is 2. The smallest absolute Gasteiger partial charge is 0.295 e. The molecule has 0 radical (unpaired) electrons. The molecule has 0 spiro atoms. The number of thiophene rings is 1. The molecule has 1 unspecified atom stereocenters. The lowest BCUT2D eigenvalue weighted by Gasteiger charge is -2.35. The molecule has 0 bridgehead atoms. The summed E-state index contributed by atoms with van der Waals surface area (Å²) in [6, 6.07) is 15.1. The Morgan fingerprint density at radius 3 is 2.79 bits per heavy atom. The molecule has 148 valence electrons. The minimum absolute atomic E-state index is 0.00843. The van der Waals surface area contributed by atoms with Gasteiger partial charge in [-0.25, -0.2) is 4.39 Å². The summed E-state index contributed by atoms with van der Waals surface area (Å²) in [5.41, 5.74) is 1.81. The summed E-state index contributed by atoms with van der Waals surface area (Å²) >= 11 is 1.72. The molecule has 1 atom stereocenters. The molecular formula is C21H18FN3O3S. The number of nitro benzene ring substituents is 1. The van der Waals surface area contributed by atoms with Crippen LogP contribution in [0.15, 0.2) is 60.0 Å². The third-order valence-corrected chi connectivity index (χ3v) is 5.95. The van der Waals surface area contributed by atoms with Gasteiger partial charge < -0.3 is 5.32 Å². The Bertz CT molecular complexity index is 1050. The average molecular weight is 411 g/mol. The quantitative estimate of drug-likeness (QED) is 0.499. The average Bonchev–Trinajstić information content (AvgIpc) is 3.18. The van der Waals surface area contributed by atoms with Crippen molar-refractivity contribution in [1.82, 2.24) is 4.90 Å². The number of benzene rings is 2. The highest BCUT2D eigenvalue weighted by atomic mass is 32.1. The number of carbonyl (C=O) groups is 1. The van der Waals surface area contributed by atoms with Gasteiger partial charge in [-0.05, 0) is 41.1 Å². The van der Waals surface area contributed by atoms with Crippen molar-refractivity contribution in [2.75, 3.05) is 18.4 Å². The summed E-state index contributed by atoms with van der Waals surface area (Å²) in [6.07, 6.45) is 0.848. The van der Waals surface area contributed by atoms with E-state index in [0.29, 0.717) is 6.54 Å². The number of nitrogens with one attached hydrogen (secondary N) is 1. The van der Waals surface area contributed by atoms with Crippen LogP contribution in [0.2, 0.25) is 0 Å². The highest BCUT2D eigenvalue weighted by molar-refractivity contribution is 7.10. The van der Waals surface area contributed by atoms with E-state index in [-0.39, 0.29) is 24.2 Å². The predicted molar refractivity (Wildman–Crippen MR) is 110 cm³/mol. The van der Waals surface area contributed by atoms with E-state index >= 15 is 0 Å². The van der Waals surface area contributed by atoms with E-state index in [1.807, 2.05) is 30.3 Å². The van der Waals surface area contributed by atoms with Crippen LogP contribution in [-0.2, 0) is 11.2 Å². The van der Waals surface area contributed by atoms with Gasteiger partial charge in [0.15, 0.2) is 0 Å². The molecule has 4 rings (SSSR count). The fraction of sp³-hybridized carbons (Fsp3) is 0.190. The molecule has 0 fully saturated rings. The summed E-state index contributed by atoms with van der Waals surface area (Å²) in [4.78, 5) is 26.5. The molecule has 3 aromatic rings. The van der Waals surface area contributed by atoms with Gasteiger partial charge >= 0.3 is 0 Å². The van der Waals surface area contributed by atoms with E-state index in [9.17, 15) is 19.3 Å². The fourth-order valence-electron chi connectivity index (χ4n) is 3.70. The second-order valence-electron chi connectivity index (χ2n) is 6.80. The predicted octanol–water partition coefficient (Wildman–Crippen LogP) is 4.38. The maximum Gasteiger partial charge on any atom is 0.295 e. The van der Waals surface area contributed by atoms with Gasteiger partial charge in [0.25, 0.3) is 5.69 Å². The minimum atomic E-state index is -0.722. The molecular weight excluding hydrogens is 393 g/mol. The standard InChI is InChI=1S/C21H18FN3O3S/c22-15-6-7-17(18(12-15)25(27)28)23-20(26)13-24-10-8-19-16(9-11-29-19)21(24)14-4-2-1-3-5-14/h1-7,9,11-12,21H,8,10,13H2,(H,23,26). The van der Waals surface area contributed by atoms with Gasteiger partial charge in [0.2, 0.25) is 5.91 Å². The molecule has 1 aliphatic rings. The van der Waals surface area contributed by atoms with Crippen molar-refractivity contribution in [1.29, 1.82) is 0 Å². The van der Waals surface area contributed by atoms with Crippen LogP contribution in [0.4, 0.5) is 15.8 Å². The molecule has 2 aromatic carbocycles. The van der Waals surface area contributed by atoms with Gasteiger partial charge in [-0.15, -0.1) is 11.3 Å². The first-order valence-electron chi connectivity index (χ1n) is 9.12. The number of anilines is 1. The molecule has 1 amide bonds. The number of hydrogen-bond acceptors (Lipinski definition) is 5. The molecule has 29 heavy (non-hydrogen) atoms. The van der Waals surface area contributed by atoms with Crippen molar-refractivity contribution in [3.05, 3.63) is 91.9 Å². The lowest BCUT2D eigenvalue weighted by atomic mass is 9.93. The summed E-state index contributed by atoms with van der Waals surface area (Å²) in [7, 11) is 0. The zero-order valence-corrected chi connectivity index (χ0v) is 16.2. The lowest BCUT2D eigenvalue weighted by Crippen LogP contribution is -2.40. The maximum atomic E-state index is 13.3. The summed E-state index contributed by atoms with van der Waals surface area (Å²) < 4.78 is 13.3. The number of carbonyl (C=O) groups excluding carboxylic acids is 1. The number of fused-ring (bicyclic) bond motifs is 1. The molecule has 1 aliphatic heterocycles. The molecule has 2 heterocycles. The molecule has 1 aromatic heterocycles. The van der Waals surface area contributed by atoms with Crippen LogP contribution in [0.3, 0.4) is 0 Å². The zero-order chi connectivity index (χ0) is 20.4. The van der Waals surface area contributed by atoms with Crippen LogP contribution in [0.5, 0.6) is 0 Å². The molecule has 0 saturated heterocycles. The number of rotatable bonds is 5. The van der Waals surface area contributed by atoms with Crippen LogP contribution < -0.4 is 5.32 Å². The van der Waals surface area contributed by atoms with Crippen LogP contribution in [-0.4, -0.2) is 28.8 Å². The van der Waals surface area contributed by atoms with Crippen molar-refractivity contribution in [3.63, 3.8) is 0 Å². The van der Waals surface area contributed by atoms with E-state index in [2.05, 4.69) is 21.7 Å². The first-order chi connectivity index (χ1) is 14.0. The third kappa shape index (κ3) is 4.03. The second kappa shape index (κ2) is 8.10. The van der Waals surface area contributed by atoms with Crippen molar-refractivity contribution in [2.45, 2.75) is 12.5 Å². The van der Waals surface area contributed by atoms with Gasteiger partial charge in [0, 0.05) is 11.4 Å². The topological polar surface area (TPSA) is 75.5 Å². The van der Waals surface area contributed by atoms with Crippen LogP contribution >= 0.6 is 11.3 Å². The van der Waals surface area contributed by atoms with Crippen molar-refractivity contribution < 1.29 is 14.1 Å². The third-order valence-electron chi connectivity index (χ3n) is 4.96. The molecule has 0 aliphatic carbocycles. The van der Waals surface area contributed by atoms with Crippen LogP contribution in [0.1, 0.15) is 22.0 Å². The van der Waals surface area contributed by atoms with Crippen LogP contribution in [0, 0.1) is 15.9 Å². The van der Waals surface area contributed by atoms with Crippen molar-refractivity contribution >= 4 is 28.6 Å². The van der Waals surface area contributed by atoms with Crippen LogP contribution in [0.25, 0.3) is 0 Å². The SMILES string of the molecule is O=C(CN1CCc2sccc2C1c1ccccc1)Nc1ccc(F)cc1[N+](=O)[O-]. The zero-order valence-electron chi connectivity index (χ0n) is 15.4. The second-order valence-corrected chi connectivity index (χ2v) is 7.80. The van der Waals surface area contributed by atoms with Gasteiger partial charge in [0.1, 0.15) is 11.5 Å². The fourth-order valence-corrected chi connectivity index (χ4v) is 4.60. The molecule has 8 heteroatoms. The Balaban J connectivity index is 1.57. The molecule has 6 nitrogen and oxygen atoms in total. The van der Waals surface area contributed by atoms with Gasteiger partial charge in [-0.3, -0.25) is 19.8 Å². The Morgan fingerprint density at radius 2 is 2.03 bits per heavy atom. The van der Waals surface area contributed by atoms with Crippen molar-refractivity contribution in [3.8, 4) is 0 Å². The van der Waals surface area contributed by atoms with E-state index in [0.717, 1.165) is 24.1 Å².